The molecule has 3 aromatic heterocycles. The summed E-state index contributed by atoms with van der Waals surface area (Å²) in [6, 6.07) is 1.67. The number of Topliss-reactive ketones (excluding diaryl/α,β-unsaturated/α-hetero) is 1. The molecule has 1 amide bonds. The van der Waals surface area contributed by atoms with Crippen molar-refractivity contribution in [1.29, 1.82) is 0 Å². The number of aromatic nitrogens is 1. The van der Waals surface area contributed by atoms with Crippen LogP contribution >= 0.6 is 22.7 Å². The largest absolute Gasteiger partial charge is 0.462 e. The van der Waals surface area contributed by atoms with Crippen LogP contribution in [0.3, 0.4) is 0 Å². The van der Waals surface area contributed by atoms with Crippen molar-refractivity contribution in [1.82, 2.24) is 4.98 Å². The molecule has 0 spiro atoms. The number of thiazole rings is 1. The summed E-state index contributed by atoms with van der Waals surface area (Å²) in [5.74, 6) is -2.69. The number of esters is 2. The maximum absolute atomic E-state index is 12.3. The number of nitrogens with zero attached hydrogens (tertiary/aromatic N) is 2. The zero-order valence-corrected chi connectivity index (χ0v) is 19.7. The number of furan rings is 1. The van der Waals surface area contributed by atoms with E-state index < -0.39 is 30.2 Å². The van der Waals surface area contributed by atoms with E-state index >= 15 is 0 Å². The second-order valence-electron chi connectivity index (χ2n) is 6.81. The van der Waals surface area contributed by atoms with Crippen LogP contribution in [0, 0.1) is 6.92 Å². The molecule has 3 rings (SSSR count). The predicted octanol–water partition coefficient (Wildman–Crippen LogP) is 3.50. The van der Waals surface area contributed by atoms with Crippen molar-refractivity contribution in [2.45, 2.75) is 20.8 Å². The van der Waals surface area contributed by atoms with Crippen molar-refractivity contribution < 1.29 is 33.1 Å². The molecule has 10 nitrogen and oxygen atoms in total. The lowest BCUT2D eigenvalue weighted by molar-refractivity contribution is -0.119. The highest BCUT2D eigenvalue weighted by atomic mass is 32.1. The van der Waals surface area contributed by atoms with Crippen molar-refractivity contribution in [3.63, 3.8) is 0 Å². The topological polar surface area (TPSA) is 128 Å². The van der Waals surface area contributed by atoms with Gasteiger partial charge in [-0.3, -0.25) is 14.9 Å². The number of anilines is 2. The van der Waals surface area contributed by atoms with Crippen LogP contribution in [0.1, 0.15) is 50.0 Å². The normalized spacial score (nSPS) is 10.8. The third kappa shape index (κ3) is 4.81. The lowest BCUT2D eigenvalue weighted by atomic mass is 10.1. The van der Waals surface area contributed by atoms with Gasteiger partial charge in [-0.25, -0.2) is 14.6 Å². The summed E-state index contributed by atoms with van der Waals surface area (Å²) in [6.45, 7) is 3.85. The van der Waals surface area contributed by atoms with Crippen molar-refractivity contribution in [3.8, 4) is 0 Å². The Balaban J connectivity index is 1.69. The number of hydrogen-bond acceptors (Lipinski definition) is 11. The van der Waals surface area contributed by atoms with Crippen LogP contribution in [0.15, 0.2) is 10.5 Å². The Labute approximate surface area is 191 Å². The standard InChI is InChI=1S/C20H21N3O7S2/c1-6-28-19(27)15-14(9(2)24)10(3)30-16(15)21-13(25)8-29-18(26)12-7-11-17(31-12)22-20(32-11)23(4)5/h7H,6,8H2,1-5H3,(H,21,25). The fraction of sp³-hybridized carbons (Fsp3) is 0.350. The fourth-order valence-corrected chi connectivity index (χ4v) is 4.86. The molecule has 0 fully saturated rings. The average molecular weight is 480 g/mol. The minimum absolute atomic E-state index is 0.0268. The minimum Gasteiger partial charge on any atom is -0.462 e. The molecule has 0 saturated carbocycles. The van der Waals surface area contributed by atoms with E-state index in [0.29, 0.717) is 9.71 Å². The molecule has 0 aromatic carbocycles. The fourth-order valence-electron chi connectivity index (χ4n) is 2.84. The summed E-state index contributed by atoms with van der Waals surface area (Å²) in [7, 11) is 3.76. The van der Waals surface area contributed by atoms with Gasteiger partial charge in [-0.1, -0.05) is 11.3 Å². The maximum atomic E-state index is 12.3. The number of carbonyl (C=O) groups is 4. The third-order valence-corrected chi connectivity index (χ3v) is 6.47. The highest BCUT2D eigenvalue weighted by Crippen LogP contribution is 2.34. The number of hydrogen-bond donors (Lipinski definition) is 1. The Morgan fingerprint density at radius 3 is 2.44 bits per heavy atom. The molecular weight excluding hydrogens is 458 g/mol. The monoisotopic (exact) mass is 479 g/mol. The number of fused-ring (bicyclic) bond motifs is 1. The number of amides is 1. The van der Waals surface area contributed by atoms with Crippen molar-refractivity contribution in [2.75, 3.05) is 37.5 Å². The Morgan fingerprint density at radius 1 is 1.12 bits per heavy atom. The number of rotatable bonds is 8. The smallest absolute Gasteiger partial charge is 0.348 e. The van der Waals surface area contributed by atoms with Crippen LogP contribution in [0.25, 0.3) is 9.53 Å². The van der Waals surface area contributed by atoms with Gasteiger partial charge in [-0.15, -0.1) is 11.3 Å². The third-order valence-electron chi connectivity index (χ3n) is 4.17. The zero-order chi connectivity index (χ0) is 23.6. The van der Waals surface area contributed by atoms with Crippen LogP contribution in [0.2, 0.25) is 0 Å². The van der Waals surface area contributed by atoms with Gasteiger partial charge >= 0.3 is 11.9 Å². The first-order valence-corrected chi connectivity index (χ1v) is 11.1. The van der Waals surface area contributed by atoms with Gasteiger partial charge < -0.3 is 18.8 Å². The molecule has 0 atom stereocenters. The van der Waals surface area contributed by atoms with Crippen molar-refractivity contribution >= 4 is 66.8 Å². The number of ether oxygens (including phenoxy) is 2. The van der Waals surface area contributed by atoms with Gasteiger partial charge in [-0.05, 0) is 26.8 Å². The Bertz CT molecular complexity index is 1170. The molecule has 0 bridgehead atoms. The molecular formula is C20H21N3O7S2. The van der Waals surface area contributed by atoms with E-state index in [1.165, 1.54) is 36.5 Å². The lowest BCUT2D eigenvalue weighted by Crippen LogP contribution is -2.22. The molecule has 1 N–H and O–H groups in total. The van der Waals surface area contributed by atoms with Crippen LogP contribution in [-0.4, -0.2) is 55.9 Å². The van der Waals surface area contributed by atoms with Gasteiger partial charge in [-0.2, -0.15) is 0 Å². The zero-order valence-electron chi connectivity index (χ0n) is 18.1. The maximum Gasteiger partial charge on any atom is 0.348 e. The Kier molecular flexibility index (Phi) is 6.94. The molecule has 3 heterocycles. The summed E-state index contributed by atoms with van der Waals surface area (Å²) in [6.07, 6.45) is 0. The molecule has 0 radical (unpaired) electrons. The molecule has 0 aliphatic heterocycles. The van der Waals surface area contributed by atoms with Gasteiger partial charge in [0.05, 0.1) is 16.9 Å². The minimum atomic E-state index is -0.801. The summed E-state index contributed by atoms with van der Waals surface area (Å²) in [5.41, 5.74) is -0.142. The van der Waals surface area contributed by atoms with Gasteiger partial charge in [0.25, 0.3) is 5.91 Å². The second-order valence-corrected chi connectivity index (χ2v) is 8.85. The average Bonchev–Trinajstić information content (AvgIpc) is 3.37. The van der Waals surface area contributed by atoms with Gasteiger partial charge in [0.1, 0.15) is 21.0 Å². The molecule has 32 heavy (non-hydrogen) atoms. The number of nitrogens with one attached hydrogen (secondary N) is 1. The number of ketones is 1. The molecule has 0 unspecified atom stereocenters. The van der Waals surface area contributed by atoms with Gasteiger partial charge in [0.15, 0.2) is 17.5 Å². The summed E-state index contributed by atoms with van der Waals surface area (Å²) in [5, 5.41) is 3.19. The van der Waals surface area contributed by atoms with Crippen LogP contribution in [-0.2, 0) is 14.3 Å². The van der Waals surface area contributed by atoms with Crippen LogP contribution in [0.4, 0.5) is 11.0 Å². The molecule has 12 heteroatoms. The van der Waals surface area contributed by atoms with E-state index in [0.717, 1.165) is 9.83 Å². The van der Waals surface area contributed by atoms with E-state index in [-0.39, 0.29) is 29.4 Å². The molecule has 3 aromatic rings. The summed E-state index contributed by atoms with van der Waals surface area (Å²) >= 11 is 2.61. The van der Waals surface area contributed by atoms with Gasteiger partial charge in [0, 0.05) is 14.1 Å². The van der Waals surface area contributed by atoms with Crippen LogP contribution in [0.5, 0.6) is 0 Å². The van der Waals surface area contributed by atoms with Gasteiger partial charge in [0.2, 0.25) is 5.88 Å². The van der Waals surface area contributed by atoms with Crippen molar-refractivity contribution in [3.05, 3.63) is 27.8 Å². The van der Waals surface area contributed by atoms with E-state index in [1.54, 1.807) is 13.0 Å². The first kappa shape index (κ1) is 23.4. The molecule has 0 saturated heterocycles. The van der Waals surface area contributed by atoms with E-state index in [2.05, 4.69) is 10.3 Å². The number of carbonyl (C=O) groups excluding carboxylic acids is 4. The summed E-state index contributed by atoms with van der Waals surface area (Å²) in [4.78, 5) is 56.2. The van der Waals surface area contributed by atoms with Crippen molar-refractivity contribution in [2.24, 2.45) is 0 Å². The first-order chi connectivity index (χ1) is 15.1. The predicted molar refractivity (Wildman–Crippen MR) is 120 cm³/mol. The first-order valence-electron chi connectivity index (χ1n) is 9.48. The Hall–Kier alpha value is -3.25. The quantitative estimate of drug-likeness (QED) is 0.381. The number of aryl methyl sites for hydroxylation is 1. The lowest BCUT2D eigenvalue weighted by Gasteiger charge is -2.07. The highest BCUT2D eigenvalue weighted by molar-refractivity contribution is 7.29. The van der Waals surface area contributed by atoms with Crippen LogP contribution < -0.4 is 10.2 Å². The molecule has 0 aliphatic rings. The SMILES string of the molecule is CCOC(=O)c1c(NC(=O)COC(=O)c2cc3sc(N(C)C)nc3s2)oc(C)c1C(C)=O. The number of thiophene rings is 1. The van der Waals surface area contributed by atoms with E-state index in [9.17, 15) is 19.2 Å². The molecule has 170 valence electrons. The Morgan fingerprint density at radius 2 is 1.84 bits per heavy atom. The second kappa shape index (κ2) is 9.49. The van der Waals surface area contributed by atoms with E-state index in [1.807, 2.05) is 19.0 Å². The van der Waals surface area contributed by atoms with E-state index in [4.69, 9.17) is 13.9 Å². The molecule has 0 aliphatic carbocycles. The summed E-state index contributed by atoms with van der Waals surface area (Å²) < 4.78 is 16.3. The highest BCUT2D eigenvalue weighted by Gasteiger charge is 2.29.